The van der Waals surface area contributed by atoms with Crippen molar-refractivity contribution < 1.29 is 9.59 Å². The van der Waals surface area contributed by atoms with Gasteiger partial charge in [0.2, 0.25) is 5.91 Å². The van der Waals surface area contributed by atoms with E-state index in [0.29, 0.717) is 0 Å². The number of rotatable bonds is 4. The van der Waals surface area contributed by atoms with Crippen LogP contribution in [-0.2, 0) is 9.59 Å². The number of hydrogen-bond donors (Lipinski definition) is 1. The quantitative estimate of drug-likeness (QED) is 0.782. The SMILES string of the molecule is CCC(C)N1C(=O)CC(Nc2ccc(Br)cc2Br)C1=O. The highest BCUT2D eigenvalue weighted by molar-refractivity contribution is 9.11. The van der Waals surface area contributed by atoms with E-state index < -0.39 is 6.04 Å². The van der Waals surface area contributed by atoms with Crippen molar-refractivity contribution in [1.29, 1.82) is 0 Å². The van der Waals surface area contributed by atoms with Crippen LogP contribution in [0.5, 0.6) is 0 Å². The molecule has 2 unspecified atom stereocenters. The zero-order valence-corrected chi connectivity index (χ0v) is 14.5. The largest absolute Gasteiger partial charge is 0.372 e. The number of halogens is 2. The Kier molecular flexibility index (Phi) is 4.86. The van der Waals surface area contributed by atoms with Crippen LogP contribution in [0.4, 0.5) is 5.69 Å². The molecule has 108 valence electrons. The van der Waals surface area contributed by atoms with Crippen molar-refractivity contribution in [3.05, 3.63) is 27.1 Å². The normalized spacial score (nSPS) is 20.4. The van der Waals surface area contributed by atoms with Gasteiger partial charge >= 0.3 is 0 Å². The Morgan fingerprint density at radius 1 is 1.40 bits per heavy atom. The molecule has 2 rings (SSSR count). The maximum absolute atomic E-state index is 12.3. The van der Waals surface area contributed by atoms with E-state index in [0.717, 1.165) is 21.1 Å². The van der Waals surface area contributed by atoms with Crippen molar-refractivity contribution in [2.75, 3.05) is 5.32 Å². The summed E-state index contributed by atoms with van der Waals surface area (Å²) in [5, 5.41) is 3.15. The summed E-state index contributed by atoms with van der Waals surface area (Å²) in [4.78, 5) is 25.7. The molecular formula is C14H16Br2N2O2. The Morgan fingerprint density at radius 3 is 2.70 bits per heavy atom. The fraction of sp³-hybridized carbons (Fsp3) is 0.429. The molecule has 6 heteroatoms. The molecule has 4 nitrogen and oxygen atoms in total. The Hall–Kier alpha value is -0.880. The molecule has 0 saturated carbocycles. The minimum absolute atomic E-state index is 0.0461. The number of nitrogens with one attached hydrogen (secondary N) is 1. The smallest absolute Gasteiger partial charge is 0.252 e. The Morgan fingerprint density at radius 2 is 2.10 bits per heavy atom. The van der Waals surface area contributed by atoms with Crippen LogP contribution >= 0.6 is 31.9 Å². The highest BCUT2D eigenvalue weighted by atomic mass is 79.9. The van der Waals surface area contributed by atoms with E-state index in [1.807, 2.05) is 32.0 Å². The van der Waals surface area contributed by atoms with Gasteiger partial charge in [-0.05, 0) is 47.5 Å². The fourth-order valence-corrected chi connectivity index (χ4v) is 3.37. The highest BCUT2D eigenvalue weighted by Gasteiger charge is 2.40. The summed E-state index contributed by atoms with van der Waals surface area (Å²) in [6.45, 7) is 3.87. The van der Waals surface area contributed by atoms with Crippen molar-refractivity contribution in [2.45, 2.75) is 38.8 Å². The molecule has 2 atom stereocenters. The topological polar surface area (TPSA) is 49.4 Å². The van der Waals surface area contributed by atoms with Gasteiger partial charge in [-0.1, -0.05) is 22.9 Å². The average Bonchev–Trinajstić information content (AvgIpc) is 2.67. The molecule has 0 aromatic heterocycles. The lowest BCUT2D eigenvalue weighted by atomic mass is 10.2. The van der Waals surface area contributed by atoms with Gasteiger partial charge in [0.1, 0.15) is 6.04 Å². The van der Waals surface area contributed by atoms with E-state index in [1.54, 1.807) is 0 Å². The Labute approximate surface area is 135 Å². The second-order valence-electron chi connectivity index (χ2n) is 4.88. The van der Waals surface area contributed by atoms with Crippen LogP contribution in [0.1, 0.15) is 26.7 Å². The standard InChI is InChI=1S/C14H16Br2N2O2/c1-3-8(2)18-13(19)7-12(14(18)20)17-11-5-4-9(15)6-10(11)16/h4-6,8,12,17H,3,7H2,1-2H3. The molecule has 2 amide bonds. The summed E-state index contributed by atoms with van der Waals surface area (Å²) in [5.41, 5.74) is 0.811. The van der Waals surface area contributed by atoms with E-state index in [2.05, 4.69) is 37.2 Å². The molecule has 0 aliphatic carbocycles. The van der Waals surface area contributed by atoms with Crippen LogP contribution in [0.15, 0.2) is 27.1 Å². The number of amides is 2. The third kappa shape index (κ3) is 3.06. The van der Waals surface area contributed by atoms with Crippen molar-refractivity contribution in [2.24, 2.45) is 0 Å². The number of imide groups is 1. The van der Waals surface area contributed by atoms with Crippen molar-refractivity contribution in [3.63, 3.8) is 0 Å². The van der Waals surface area contributed by atoms with Crippen molar-refractivity contribution >= 4 is 49.4 Å². The summed E-state index contributed by atoms with van der Waals surface area (Å²) in [6, 6.07) is 5.14. The van der Waals surface area contributed by atoms with Crippen LogP contribution in [0, 0.1) is 0 Å². The lowest BCUT2D eigenvalue weighted by molar-refractivity contribution is -0.140. The van der Waals surface area contributed by atoms with Crippen LogP contribution in [0.3, 0.4) is 0 Å². The first-order valence-electron chi connectivity index (χ1n) is 6.51. The highest BCUT2D eigenvalue weighted by Crippen LogP contribution is 2.29. The lowest BCUT2D eigenvalue weighted by Gasteiger charge is -2.22. The van der Waals surface area contributed by atoms with E-state index in [1.165, 1.54) is 4.90 Å². The average molecular weight is 404 g/mol. The van der Waals surface area contributed by atoms with Crippen LogP contribution in [0.25, 0.3) is 0 Å². The lowest BCUT2D eigenvalue weighted by Crippen LogP contribution is -2.40. The second-order valence-corrected chi connectivity index (χ2v) is 6.65. The zero-order valence-electron chi connectivity index (χ0n) is 11.3. The minimum Gasteiger partial charge on any atom is -0.372 e. The van der Waals surface area contributed by atoms with Crippen LogP contribution in [-0.4, -0.2) is 28.8 Å². The predicted molar refractivity (Wildman–Crippen MR) is 85.5 cm³/mol. The fourth-order valence-electron chi connectivity index (χ4n) is 2.20. The number of carbonyl (C=O) groups is 2. The van der Waals surface area contributed by atoms with E-state index >= 15 is 0 Å². The minimum atomic E-state index is -0.478. The first-order chi connectivity index (χ1) is 9.43. The monoisotopic (exact) mass is 402 g/mol. The Bertz CT molecular complexity index is 548. The van der Waals surface area contributed by atoms with Crippen LogP contribution in [0.2, 0.25) is 0 Å². The first-order valence-corrected chi connectivity index (χ1v) is 8.10. The number of anilines is 1. The molecule has 0 spiro atoms. The number of nitrogens with zero attached hydrogens (tertiary/aromatic N) is 1. The molecule has 1 saturated heterocycles. The van der Waals surface area contributed by atoms with Crippen LogP contribution < -0.4 is 5.32 Å². The zero-order chi connectivity index (χ0) is 14.9. The van der Waals surface area contributed by atoms with Gasteiger partial charge in [-0.2, -0.15) is 0 Å². The second kappa shape index (κ2) is 6.26. The number of hydrogen-bond acceptors (Lipinski definition) is 3. The predicted octanol–water partition coefficient (Wildman–Crippen LogP) is 3.55. The van der Waals surface area contributed by atoms with Gasteiger partial charge < -0.3 is 5.32 Å². The van der Waals surface area contributed by atoms with E-state index in [4.69, 9.17) is 0 Å². The molecule has 1 fully saturated rings. The summed E-state index contributed by atoms with van der Waals surface area (Å²) >= 11 is 6.83. The first kappa shape index (κ1) is 15.5. The summed E-state index contributed by atoms with van der Waals surface area (Å²) in [6.07, 6.45) is 0.984. The number of carbonyl (C=O) groups excluding carboxylic acids is 2. The van der Waals surface area contributed by atoms with Gasteiger partial charge in [-0.25, -0.2) is 0 Å². The van der Waals surface area contributed by atoms with Gasteiger partial charge in [0.05, 0.1) is 6.42 Å². The van der Waals surface area contributed by atoms with Crippen molar-refractivity contribution in [1.82, 2.24) is 4.90 Å². The van der Waals surface area contributed by atoms with Gasteiger partial charge in [0, 0.05) is 20.7 Å². The third-order valence-electron chi connectivity index (χ3n) is 3.48. The number of likely N-dealkylation sites (tertiary alicyclic amines) is 1. The van der Waals surface area contributed by atoms with Gasteiger partial charge in [0.15, 0.2) is 0 Å². The summed E-state index contributed by atoms with van der Waals surface area (Å²) in [7, 11) is 0. The van der Waals surface area contributed by atoms with Crippen molar-refractivity contribution in [3.8, 4) is 0 Å². The summed E-state index contributed by atoms with van der Waals surface area (Å²) in [5.74, 6) is -0.241. The van der Waals surface area contributed by atoms with Gasteiger partial charge in [0.25, 0.3) is 5.91 Å². The molecule has 1 aromatic carbocycles. The maximum atomic E-state index is 12.3. The summed E-state index contributed by atoms with van der Waals surface area (Å²) < 4.78 is 1.80. The maximum Gasteiger partial charge on any atom is 0.252 e. The van der Waals surface area contributed by atoms with E-state index in [9.17, 15) is 9.59 Å². The molecular weight excluding hydrogens is 388 g/mol. The third-order valence-corrected chi connectivity index (χ3v) is 4.62. The van der Waals surface area contributed by atoms with Gasteiger partial charge in [-0.15, -0.1) is 0 Å². The molecule has 0 bridgehead atoms. The molecule has 20 heavy (non-hydrogen) atoms. The Balaban J connectivity index is 2.15. The molecule has 1 N–H and O–H groups in total. The molecule has 1 aliphatic rings. The van der Waals surface area contributed by atoms with Gasteiger partial charge in [-0.3, -0.25) is 14.5 Å². The van der Waals surface area contributed by atoms with E-state index in [-0.39, 0.29) is 24.3 Å². The molecule has 1 aliphatic heterocycles. The molecule has 0 radical (unpaired) electrons. The number of benzene rings is 1. The molecule has 1 aromatic rings. The molecule has 1 heterocycles.